The molecule has 0 spiro atoms. The Morgan fingerprint density at radius 3 is 2.56 bits per heavy atom. The van der Waals surface area contributed by atoms with Crippen LogP contribution >= 0.6 is 0 Å². The Bertz CT molecular complexity index is 1170. The summed E-state index contributed by atoms with van der Waals surface area (Å²) in [5.41, 5.74) is 0.907. The highest BCUT2D eigenvalue weighted by Crippen LogP contribution is 2.40. The van der Waals surface area contributed by atoms with E-state index in [-0.39, 0.29) is 42.2 Å². The van der Waals surface area contributed by atoms with E-state index >= 15 is 0 Å². The third-order valence-electron chi connectivity index (χ3n) is 7.08. The van der Waals surface area contributed by atoms with Crippen LogP contribution in [0.1, 0.15) is 93.9 Å². The summed E-state index contributed by atoms with van der Waals surface area (Å²) >= 11 is 0. The molecule has 1 aromatic carbocycles. The Hall–Kier alpha value is -3.49. The molecule has 2 saturated carbocycles. The fraction of sp³-hybridized carbons (Fsp3) is 0.567. The Kier molecular flexibility index (Phi) is 9.20. The molecule has 9 nitrogen and oxygen atoms in total. The normalized spacial score (nSPS) is 22.3. The summed E-state index contributed by atoms with van der Waals surface area (Å²) in [5.74, 6) is 0.828. The largest absolute Gasteiger partial charge is 0.442 e. The second kappa shape index (κ2) is 12.6. The number of carbonyl (C=O) groups excluding carboxylic acids is 3. The SMILES string of the molecule is CC(C=NC(=O)OC(C)(C)C)CC(=O)N[C@@H]1CC[C@@H](NC(=O)c2cc(C3CC3)on2)[C@@H](Cc2ccccc2)C1. The molecule has 1 unspecified atom stereocenters. The average Bonchev–Trinajstić information content (AvgIpc) is 3.60. The van der Waals surface area contributed by atoms with Crippen molar-refractivity contribution in [1.29, 1.82) is 0 Å². The van der Waals surface area contributed by atoms with Gasteiger partial charge in [-0.2, -0.15) is 4.99 Å². The quantitative estimate of drug-likeness (QED) is 0.424. The summed E-state index contributed by atoms with van der Waals surface area (Å²) in [7, 11) is 0. The van der Waals surface area contributed by atoms with Gasteiger partial charge < -0.3 is 19.9 Å². The van der Waals surface area contributed by atoms with Crippen molar-refractivity contribution in [2.75, 3.05) is 0 Å². The van der Waals surface area contributed by atoms with E-state index in [2.05, 4.69) is 32.9 Å². The van der Waals surface area contributed by atoms with Gasteiger partial charge in [0.25, 0.3) is 5.91 Å². The lowest BCUT2D eigenvalue weighted by Crippen LogP contribution is -2.49. The number of aliphatic imine (C=N–C) groups is 1. The van der Waals surface area contributed by atoms with Crippen molar-refractivity contribution in [2.45, 2.75) is 96.2 Å². The summed E-state index contributed by atoms with van der Waals surface area (Å²) in [6, 6.07) is 11.9. The van der Waals surface area contributed by atoms with Gasteiger partial charge >= 0.3 is 6.09 Å². The minimum absolute atomic E-state index is 0.00267. The highest BCUT2D eigenvalue weighted by atomic mass is 16.6. The summed E-state index contributed by atoms with van der Waals surface area (Å²) in [6.07, 6.45) is 6.25. The van der Waals surface area contributed by atoms with E-state index in [9.17, 15) is 14.4 Å². The van der Waals surface area contributed by atoms with E-state index in [0.717, 1.165) is 44.3 Å². The van der Waals surface area contributed by atoms with Gasteiger partial charge in [-0.3, -0.25) is 9.59 Å². The van der Waals surface area contributed by atoms with E-state index in [1.807, 2.05) is 25.1 Å². The fourth-order valence-corrected chi connectivity index (χ4v) is 5.03. The minimum atomic E-state index is -0.659. The molecule has 2 aliphatic carbocycles. The lowest BCUT2D eigenvalue weighted by molar-refractivity contribution is -0.122. The molecule has 0 saturated heterocycles. The van der Waals surface area contributed by atoms with Crippen molar-refractivity contribution in [2.24, 2.45) is 16.8 Å². The number of ether oxygens (including phenoxy) is 1. The summed E-state index contributed by atoms with van der Waals surface area (Å²) in [5, 5.41) is 10.3. The van der Waals surface area contributed by atoms with E-state index in [0.29, 0.717) is 11.6 Å². The van der Waals surface area contributed by atoms with Gasteiger partial charge in [-0.15, -0.1) is 0 Å². The van der Waals surface area contributed by atoms with Gasteiger partial charge in [0.1, 0.15) is 11.4 Å². The maximum atomic E-state index is 13.0. The Balaban J connectivity index is 1.33. The zero-order valence-electron chi connectivity index (χ0n) is 23.3. The van der Waals surface area contributed by atoms with Gasteiger partial charge in [-0.25, -0.2) is 4.79 Å². The lowest BCUT2D eigenvalue weighted by Gasteiger charge is -2.37. The number of carbonyl (C=O) groups is 3. The van der Waals surface area contributed by atoms with Gasteiger partial charge in [0.15, 0.2) is 5.69 Å². The number of aromatic nitrogens is 1. The van der Waals surface area contributed by atoms with Crippen LogP contribution in [0, 0.1) is 11.8 Å². The second-order valence-electron chi connectivity index (χ2n) is 11.9. The van der Waals surface area contributed by atoms with Crippen molar-refractivity contribution in [3.05, 3.63) is 53.4 Å². The molecular formula is C30H40N4O5. The number of nitrogens with zero attached hydrogens (tertiary/aromatic N) is 2. The van der Waals surface area contributed by atoms with Crippen LogP contribution < -0.4 is 10.6 Å². The van der Waals surface area contributed by atoms with Crippen LogP contribution in [-0.2, 0) is 16.0 Å². The average molecular weight is 537 g/mol. The maximum Gasteiger partial charge on any atom is 0.433 e. The summed E-state index contributed by atoms with van der Waals surface area (Å²) in [6.45, 7) is 7.18. The Morgan fingerprint density at radius 1 is 1.13 bits per heavy atom. The van der Waals surface area contributed by atoms with Gasteiger partial charge in [-0.1, -0.05) is 42.4 Å². The van der Waals surface area contributed by atoms with E-state index in [4.69, 9.17) is 9.26 Å². The van der Waals surface area contributed by atoms with Crippen molar-refractivity contribution in [3.63, 3.8) is 0 Å². The topological polar surface area (TPSA) is 123 Å². The van der Waals surface area contributed by atoms with Crippen LogP contribution in [0.4, 0.5) is 4.79 Å². The highest BCUT2D eigenvalue weighted by Gasteiger charge is 2.34. The van der Waals surface area contributed by atoms with E-state index in [1.165, 1.54) is 11.8 Å². The smallest absolute Gasteiger partial charge is 0.433 e. The first-order valence-electron chi connectivity index (χ1n) is 13.9. The molecule has 0 aliphatic heterocycles. The minimum Gasteiger partial charge on any atom is -0.442 e. The first-order chi connectivity index (χ1) is 18.6. The molecule has 0 bridgehead atoms. The first kappa shape index (κ1) is 28.5. The number of benzene rings is 1. The maximum absolute atomic E-state index is 13.0. The molecule has 2 N–H and O–H groups in total. The zero-order chi connectivity index (χ0) is 28.0. The lowest BCUT2D eigenvalue weighted by atomic mass is 9.78. The number of nitrogens with one attached hydrogen (secondary N) is 2. The fourth-order valence-electron chi connectivity index (χ4n) is 5.03. The number of hydrogen-bond acceptors (Lipinski definition) is 6. The first-order valence-corrected chi connectivity index (χ1v) is 13.9. The number of hydrogen-bond donors (Lipinski definition) is 2. The molecule has 0 radical (unpaired) electrons. The van der Waals surface area contributed by atoms with Crippen LogP contribution in [-0.4, -0.2) is 47.0 Å². The zero-order valence-corrected chi connectivity index (χ0v) is 23.3. The van der Waals surface area contributed by atoms with Crippen LogP contribution in [0.15, 0.2) is 45.9 Å². The van der Waals surface area contributed by atoms with Crippen LogP contribution in [0.3, 0.4) is 0 Å². The summed E-state index contributed by atoms with van der Waals surface area (Å²) in [4.78, 5) is 41.4. The molecule has 2 aliphatic rings. The van der Waals surface area contributed by atoms with Crippen molar-refractivity contribution in [1.82, 2.24) is 15.8 Å². The predicted molar refractivity (Wildman–Crippen MR) is 148 cm³/mol. The van der Waals surface area contributed by atoms with Crippen LogP contribution in [0.2, 0.25) is 0 Å². The Labute approximate surface area is 230 Å². The van der Waals surface area contributed by atoms with E-state index in [1.54, 1.807) is 26.8 Å². The molecule has 2 aromatic rings. The molecule has 2 fully saturated rings. The van der Waals surface area contributed by atoms with Crippen LogP contribution in [0.5, 0.6) is 0 Å². The number of amides is 3. The summed E-state index contributed by atoms with van der Waals surface area (Å²) < 4.78 is 10.6. The Morgan fingerprint density at radius 2 is 1.87 bits per heavy atom. The number of rotatable bonds is 9. The molecule has 9 heteroatoms. The molecule has 39 heavy (non-hydrogen) atoms. The van der Waals surface area contributed by atoms with Gasteiger partial charge in [0.05, 0.1) is 0 Å². The van der Waals surface area contributed by atoms with Crippen molar-refractivity contribution in [3.8, 4) is 0 Å². The monoisotopic (exact) mass is 536 g/mol. The highest BCUT2D eigenvalue weighted by molar-refractivity contribution is 5.92. The molecular weight excluding hydrogens is 496 g/mol. The van der Waals surface area contributed by atoms with Crippen molar-refractivity contribution >= 4 is 24.1 Å². The standard InChI is InChI=1S/C30H40N4O5/c1-19(18-31-29(37)38-30(2,3)4)14-27(35)32-23-12-13-24(22(16-23)15-20-8-6-5-7-9-20)33-28(36)25-17-26(39-34-25)21-10-11-21/h5-9,17-19,21-24H,10-16H2,1-4H3,(H,32,35)(H,33,36)/t19?,22-,23+,24+/m0/s1. The van der Waals surface area contributed by atoms with Gasteiger partial charge in [0, 0.05) is 42.6 Å². The molecule has 1 aromatic heterocycles. The van der Waals surface area contributed by atoms with Crippen LogP contribution in [0.25, 0.3) is 0 Å². The van der Waals surface area contributed by atoms with E-state index < -0.39 is 11.7 Å². The molecule has 4 atom stereocenters. The molecule has 210 valence electrons. The van der Waals surface area contributed by atoms with Gasteiger partial charge in [0.2, 0.25) is 5.91 Å². The molecule has 1 heterocycles. The molecule has 4 rings (SSSR count). The third-order valence-corrected chi connectivity index (χ3v) is 7.08. The van der Waals surface area contributed by atoms with Gasteiger partial charge in [-0.05, 0) is 70.8 Å². The molecule has 3 amide bonds. The van der Waals surface area contributed by atoms with Crippen molar-refractivity contribution < 1.29 is 23.6 Å². The predicted octanol–water partition coefficient (Wildman–Crippen LogP) is 5.21. The third kappa shape index (κ3) is 9.04. The second-order valence-corrected chi connectivity index (χ2v) is 11.9.